The van der Waals surface area contributed by atoms with Gasteiger partial charge < -0.3 is 10.1 Å². The number of ether oxygens (including phenoxy) is 1. The Hall–Kier alpha value is -0.640. The molecule has 0 aliphatic carbocycles. The second-order valence-corrected chi connectivity index (χ2v) is 3.32. The third-order valence-corrected chi connectivity index (χ3v) is 2.07. The molecule has 4 heteroatoms. The highest BCUT2D eigenvalue weighted by molar-refractivity contribution is 7.80. The van der Waals surface area contributed by atoms with E-state index in [2.05, 4.69) is 12.2 Å². The second-order valence-electron chi connectivity index (χ2n) is 2.83. The number of carbonyl (C=O) groups is 1. The minimum Gasteiger partial charge on any atom is -0.464 e. The van der Waals surface area contributed by atoms with Crippen LogP contribution >= 0.6 is 12.2 Å². The van der Waals surface area contributed by atoms with E-state index in [1.165, 1.54) is 0 Å². The first-order chi connectivity index (χ1) is 5.74. The molecule has 1 N–H and O–H groups in total. The van der Waals surface area contributed by atoms with Crippen molar-refractivity contribution in [1.29, 1.82) is 0 Å². The number of carbonyl (C=O) groups excluding carboxylic acids is 1. The molecule has 0 aromatic rings. The van der Waals surface area contributed by atoms with Gasteiger partial charge in [-0.15, -0.1) is 0 Å². The number of hydrogen-bond acceptors (Lipinski definition) is 3. The summed E-state index contributed by atoms with van der Waals surface area (Å²) in [6, 6.07) is -0.191. The molecule has 68 valence electrons. The van der Waals surface area contributed by atoms with Gasteiger partial charge >= 0.3 is 5.97 Å². The second kappa shape index (κ2) is 4.40. The van der Waals surface area contributed by atoms with Gasteiger partial charge in [-0.2, -0.15) is 0 Å². The van der Waals surface area contributed by atoms with Crippen molar-refractivity contribution in [2.45, 2.75) is 32.2 Å². The van der Waals surface area contributed by atoms with Crippen molar-refractivity contribution in [3.05, 3.63) is 0 Å². The summed E-state index contributed by atoms with van der Waals surface area (Å²) in [6.07, 6.45) is 2.59. The van der Waals surface area contributed by atoms with Crippen molar-refractivity contribution in [2.75, 3.05) is 6.61 Å². The van der Waals surface area contributed by atoms with E-state index in [0.717, 1.165) is 24.3 Å². The van der Waals surface area contributed by atoms with Crippen LogP contribution in [0.25, 0.3) is 0 Å². The van der Waals surface area contributed by atoms with Gasteiger partial charge in [0.05, 0.1) is 11.6 Å². The molecule has 1 rings (SSSR count). The highest BCUT2D eigenvalue weighted by atomic mass is 32.1. The summed E-state index contributed by atoms with van der Waals surface area (Å²) in [4.78, 5) is 11.7. The number of esters is 1. The lowest BCUT2D eigenvalue weighted by molar-refractivity contribution is -0.139. The summed E-state index contributed by atoms with van der Waals surface area (Å²) in [7, 11) is 0. The number of rotatable bonds is 3. The lowest BCUT2D eigenvalue weighted by Gasteiger charge is -2.09. The fraction of sp³-hybridized carbons (Fsp3) is 0.750. The molecular formula is C8H13NO2S. The fourth-order valence-corrected chi connectivity index (χ4v) is 1.47. The van der Waals surface area contributed by atoms with E-state index in [1.54, 1.807) is 0 Å². The molecule has 0 amide bonds. The molecule has 1 heterocycles. The molecule has 0 saturated carbocycles. The molecule has 1 fully saturated rings. The molecule has 0 aromatic heterocycles. The Morgan fingerprint density at radius 3 is 3.08 bits per heavy atom. The van der Waals surface area contributed by atoms with E-state index in [9.17, 15) is 4.79 Å². The van der Waals surface area contributed by atoms with Crippen LogP contribution in [0.15, 0.2) is 0 Å². The Balaban J connectivity index is 2.30. The first kappa shape index (κ1) is 9.45. The highest BCUT2D eigenvalue weighted by Gasteiger charge is 2.26. The van der Waals surface area contributed by atoms with Crippen molar-refractivity contribution in [1.82, 2.24) is 5.32 Å². The lowest BCUT2D eigenvalue weighted by Crippen LogP contribution is -2.36. The zero-order valence-electron chi connectivity index (χ0n) is 7.13. The van der Waals surface area contributed by atoms with Crippen molar-refractivity contribution in [3.63, 3.8) is 0 Å². The van der Waals surface area contributed by atoms with Crippen LogP contribution in [0.4, 0.5) is 0 Å². The summed E-state index contributed by atoms with van der Waals surface area (Å²) in [5.41, 5.74) is 0. The minimum atomic E-state index is -0.191. The molecule has 12 heavy (non-hydrogen) atoms. The average molecular weight is 187 g/mol. The van der Waals surface area contributed by atoms with Crippen molar-refractivity contribution < 1.29 is 9.53 Å². The Morgan fingerprint density at radius 1 is 1.83 bits per heavy atom. The average Bonchev–Trinajstić information content (AvgIpc) is 2.37. The molecule has 1 unspecified atom stereocenters. The molecule has 3 nitrogen and oxygen atoms in total. The van der Waals surface area contributed by atoms with Crippen molar-refractivity contribution >= 4 is 23.2 Å². The van der Waals surface area contributed by atoms with E-state index in [-0.39, 0.29) is 12.0 Å². The Morgan fingerprint density at radius 2 is 2.58 bits per heavy atom. The van der Waals surface area contributed by atoms with E-state index in [0.29, 0.717) is 6.61 Å². The number of cyclic esters (lactones) is 1. The summed E-state index contributed by atoms with van der Waals surface area (Å²) >= 11 is 5.02. The van der Waals surface area contributed by atoms with Crippen LogP contribution in [0.1, 0.15) is 26.2 Å². The zero-order valence-corrected chi connectivity index (χ0v) is 7.95. The van der Waals surface area contributed by atoms with Gasteiger partial charge in [0.2, 0.25) is 0 Å². The maximum absolute atomic E-state index is 11.0. The molecule has 1 aliphatic rings. The topological polar surface area (TPSA) is 38.3 Å². The molecule has 1 aliphatic heterocycles. The molecule has 0 bridgehead atoms. The highest BCUT2D eigenvalue weighted by Crippen LogP contribution is 2.06. The number of thiocarbonyl (C=S) groups is 1. The summed E-state index contributed by atoms with van der Waals surface area (Å²) in [6.45, 7) is 2.58. The van der Waals surface area contributed by atoms with Gasteiger partial charge in [-0.1, -0.05) is 19.1 Å². The maximum Gasteiger partial charge on any atom is 0.328 e. The van der Waals surface area contributed by atoms with E-state index in [1.807, 2.05) is 0 Å². The smallest absolute Gasteiger partial charge is 0.328 e. The van der Waals surface area contributed by atoms with Crippen LogP contribution < -0.4 is 5.32 Å². The molecule has 0 radical (unpaired) electrons. The minimum absolute atomic E-state index is 0.173. The van der Waals surface area contributed by atoms with Gasteiger partial charge in [-0.3, -0.25) is 0 Å². The monoisotopic (exact) mass is 187 g/mol. The Bertz CT molecular complexity index is 193. The predicted octanol–water partition coefficient (Wildman–Crippen LogP) is 1.02. The first-order valence-electron chi connectivity index (χ1n) is 4.20. The van der Waals surface area contributed by atoms with Crippen molar-refractivity contribution in [2.24, 2.45) is 0 Å². The quantitative estimate of drug-likeness (QED) is 0.529. The summed E-state index contributed by atoms with van der Waals surface area (Å²) in [5, 5.41) is 2.99. The first-order valence-corrected chi connectivity index (χ1v) is 4.61. The van der Waals surface area contributed by atoms with Crippen LogP contribution in [-0.2, 0) is 9.53 Å². The van der Waals surface area contributed by atoms with Crippen LogP contribution in [-0.4, -0.2) is 23.6 Å². The molecule has 1 saturated heterocycles. The molecular weight excluding hydrogens is 174 g/mol. The fourth-order valence-electron chi connectivity index (χ4n) is 1.12. The third kappa shape index (κ3) is 2.44. The third-order valence-electron chi connectivity index (χ3n) is 1.75. The molecule has 0 aromatic carbocycles. The van der Waals surface area contributed by atoms with E-state index in [4.69, 9.17) is 17.0 Å². The van der Waals surface area contributed by atoms with E-state index < -0.39 is 0 Å². The normalized spacial score (nSPS) is 22.1. The van der Waals surface area contributed by atoms with E-state index >= 15 is 0 Å². The summed E-state index contributed by atoms with van der Waals surface area (Å²) < 4.78 is 4.78. The SMILES string of the molecule is CCCC(=S)NC1CCOC1=O. The predicted molar refractivity (Wildman–Crippen MR) is 50.0 cm³/mol. The number of nitrogens with one attached hydrogen (secondary N) is 1. The molecule has 1 atom stereocenters. The Kier molecular flexibility index (Phi) is 3.47. The van der Waals surface area contributed by atoms with Crippen LogP contribution in [0, 0.1) is 0 Å². The molecule has 0 spiro atoms. The van der Waals surface area contributed by atoms with Crippen LogP contribution in [0.2, 0.25) is 0 Å². The van der Waals surface area contributed by atoms with Crippen LogP contribution in [0.5, 0.6) is 0 Å². The van der Waals surface area contributed by atoms with Crippen LogP contribution in [0.3, 0.4) is 0 Å². The van der Waals surface area contributed by atoms with Gasteiger partial charge in [-0.25, -0.2) is 4.79 Å². The maximum atomic E-state index is 11.0. The van der Waals surface area contributed by atoms with Gasteiger partial charge in [-0.05, 0) is 12.8 Å². The van der Waals surface area contributed by atoms with Gasteiger partial charge in [0.1, 0.15) is 6.04 Å². The largest absolute Gasteiger partial charge is 0.464 e. The lowest BCUT2D eigenvalue weighted by atomic mass is 10.2. The van der Waals surface area contributed by atoms with Gasteiger partial charge in [0.15, 0.2) is 0 Å². The van der Waals surface area contributed by atoms with Gasteiger partial charge in [0.25, 0.3) is 0 Å². The standard InChI is InChI=1S/C8H13NO2S/c1-2-3-7(12)9-6-4-5-11-8(6)10/h6H,2-5H2,1H3,(H,9,12). The number of hydrogen-bond donors (Lipinski definition) is 1. The Labute approximate surface area is 77.5 Å². The zero-order chi connectivity index (χ0) is 8.97. The van der Waals surface area contributed by atoms with Gasteiger partial charge in [0, 0.05) is 6.42 Å². The van der Waals surface area contributed by atoms with Crippen molar-refractivity contribution in [3.8, 4) is 0 Å². The summed E-state index contributed by atoms with van der Waals surface area (Å²) in [5.74, 6) is -0.173.